The molecule has 0 bridgehead atoms. The number of hydrogen-bond donors (Lipinski definition) is 3. The van der Waals surface area contributed by atoms with Gasteiger partial charge in [-0.3, -0.25) is 9.59 Å². The van der Waals surface area contributed by atoms with Crippen molar-refractivity contribution in [3.05, 3.63) is 71.9 Å². The van der Waals surface area contributed by atoms with Crippen LogP contribution in [-0.4, -0.2) is 58.1 Å². The van der Waals surface area contributed by atoms with E-state index in [9.17, 15) is 19.6 Å². The van der Waals surface area contributed by atoms with Gasteiger partial charge in [0.05, 0.1) is 11.5 Å². The molecular weight excluding hydrogens is 518 g/mol. The van der Waals surface area contributed by atoms with Crippen molar-refractivity contribution in [1.29, 1.82) is 5.26 Å². The van der Waals surface area contributed by atoms with Crippen molar-refractivity contribution in [2.45, 2.75) is 76.5 Å². The van der Waals surface area contributed by atoms with E-state index in [4.69, 9.17) is 4.74 Å². The summed E-state index contributed by atoms with van der Waals surface area (Å²) < 4.78 is 5.34. The lowest BCUT2D eigenvalue weighted by atomic mass is 9.74. The molecule has 1 aliphatic heterocycles. The van der Waals surface area contributed by atoms with Gasteiger partial charge in [-0.05, 0) is 64.7 Å². The Balaban J connectivity index is 1.54. The number of H-pyrrole nitrogens is 1. The minimum atomic E-state index is -1.34. The van der Waals surface area contributed by atoms with Crippen molar-refractivity contribution in [1.82, 2.24) is 20.5 Å². The van der Waals surface area contributed by atoms with Crippen LogP contribution in [-0.2, 0) is 26.2 Å². The zero-order valence-electron chi connectivity index (χ0n) is 24.4. The fraction of sp³-hybridized carbons (Fsp3) is 0.438. The number of amides is 3. The third kappa shape index (κ3) is 6.88. The van der Waals surface area contributed by atoms with Crippen LogP contribution in [0.3, 0.4) is 0 Å². The summed E-state index contributed by atoms with van der Waals surface area (Å²) in [7, 11) is 0. The Morgan fingerprint density at radius 1 is 1.02 bits per heavy atom. The summed E-state index contributed by atoms with van der Waals surface area (Å²) in [6, 6.07) is 19.1. The molecule has 1 unspecified atom stereocenters. The molecule has 216 valence electrons. The quantitative estimate of drug-likeness (QED) is 0.392. The SMILES string of the molecule is CC(C)(C)OC(=O)NC(C)(C)C(=O)NC(Cc1c[nH]c2ccccc12)C(=O)N1CCC(C#N)(c2ccccc2)CC1. The standard InChI is InChI=1S/C32H39N5O4/c1-30(2,3)41-29(40)36-31(4,5)28(39)35-26(19-22-20-34-25-14-10-9-13-24(22)25)27(38)37-17-15-32(21-33,16-18-37)23-11-7-6-8-12-23/h6-14,20,26,34H,15-19H2,1-5H3,(H,35,39)(H,36,40). The van der Waals surface area contributed by atoms with Crippen LogP contribution in [0.25, 0.3) is 10.9 Å². The van der Waals surface area contributed by atoms with Crippen LogP contribution in [0.2, 0.25) is 0 Å². The summed E-state index contributed by atoms with van der Waals surface area (Å²) in [4.78, 5) is 44.9. The number of carbonyl (C=O) groups excluding carboxylic acids is 3. The first kappa shape index (κ1) is 29.7. The fourth-order valence-electron chi connectivity index (χ4n) is 5.23. The molecule has 3 N–H and O–H groups in total. The van der Waals surface area contributed by atoms with E-state index >= 15 is 0 Å². The molecule has 9 heteroatoms. The van der Waals surface area contributed by atoms with E-state index in [0.717, 1.165) is 22.0 Å². The minimum absolute atomic E-state index is 0.226. The molecular formula is C32H39N5O4. The van der Waals surface area contributed by atoms with Crippen LogP contribution < -0.4 is 10.6 Å². The Labute approximate surface area is 241 Å². The second kappa shape index (κ2) is 11.7. The molecule has 0 aliphatic carbocycles. The largest absolute Gasteiger partial charge is 0.444 e. The molecule has 1 saturated heterocycles. The van der Waals surface area contributed by atoms with Crippen LogP contribution in [0, 0.1) is 11.3 Å². The van der Waals surface area contributed by atoms with Crippen LogP contribution in [0.1, 0.15) is 58.6 Å². The maximum Gasteiger partial charge on any atom is 0.408 e. The third-order valence-corrected chi connectivity index (χ3v) is 7.55. The smallest absolute Gasteiger partial charge is 0.408 e. The molecule has 1 aromatic heterocycles. The number of nitrogens with zero attached hydrogens (tertiary/aromatic N) is 2. The van der Waals surface area contributed by atoms with E-state index < -0.39 is 34.6 Å². The number of para-hydroxylation sites is 1. The van der Waals surface area contributed by atoms with Crippen LogP contribution in [0.4, 0.5) is 4.79 Å². The first-order valence-electron chi connectivity index (χ1n) is 14.0. The molecule has 0 spiro atoms. The third-order valence-electron chi connectivity index (χ3n) is 7.55. The molecule has 0 radical (unpaired) electrons. The number of ether oxygens (including phenoxy) is 1. The molecule has 41 heavy (non-hydrogen) atoms. The lowest BCUT2D eigenvalue weighted by molar-refractivity contribution is -0.138. The van der Waals surface area contributed by atoms with Crippen molar-refractivity contribution >= 4 is 28.8 Å². The Morgan fingerprint density at radius 2 is 1.66 bits per heavy atom. The predicted octanol–water partition coefficient (Wildman–Crippen LogP) is 4.58. The van der Waals surface area contributed by atoms with Crippen molar-refractivity contribution in [2.24, 2.45) is 0 Å². The maximum atomic E-state index is 14.0. The number of nitriles is 1. The van der Waals surface area contributed by atoms with E-state index in [1.807, 2.05) is 60.8 Å². The molecule has 1 atom stereocenters. The first-order valence-corrected chi connectivity index (χ1v) is 14.0. The van der Waals surface area contributed by atoms with Gasteiger partial charge < -0.3 is 25.3 Å². The van der Waals surface area contributed by atoms with E-state index in [1.165, 1.54) is 0 Å². The van der Waals surface area contributed by atoms with Crippen molar-refractivity contribution in [2.75, 3.05) is 13.1 Å². The highest BCUT2D eigenvalue weighted by atomic mass is 16.6. The van der Waals surface area contributed by atoms with Crippen LogP contribution in [0.5, 0.6) is 0 Å². The maximum absolute atomic E-state index is 14.0. The number of hydrogen-bond acceptors (Lipinski definition) is 5. The topological polar surface area (TPSA) is 127 Å². The zero-order chi connectivity index (χ0) is 29.8. The number of nitrogens with one attached hydrogen (secondary N) is 3. The van der Waals surface area contributed by atoms with Crippen LogP contribution >= 0.6 is 0 Å². The lowest BCUT2D eigenvalue weighted by Crippen LogP contribution is -2.60. The van der Waals surface area contributed by atoms with Gasteiger partial charge in [0, 0.05) is 36.6 Å². The van der Waals surface area contributed by atoms with Gasteiger partial charge in [-0.15, -0.1) is 0 Å². The summed E-state index contributed by atoms with van der Waals surface area (Å²) in [5.74, 6) is -0.731. The van der Waals surface area contributed by atoms with Gasteiger partial charge in [-0.2, -0.15) is 5.26 Å². The number of piperidine rings is 1. The molecule has 1 fully saturated rings. The van der Waals surface area contributed by atoms with Gasteiger partial charge in [-0.1, -0.05) is 48.5 Å². The molecule has 2 aromatic carbocycles. The molecule has 3 amide bonds. The number of aromatic amines is 1. The summed E-state index contributed by atoms with van der Waals surface area (Å²) in [6.45, 7) is 9.15. The van der Waals surface area contributed by atoms with E-state index in [1.54, 1.807) is 39.5 Å². The van der Waals surface area contributed by atoms with E-state index in [0.29, 0.717) is 25.9 Å². The van der Waals surface area contributed by atoms with Crippen molar-refractivity contribution < 1.29 is 19.1 Å². The number of benzene rings is 2. The van der Waals surface area contributed by atoms with Gasteiger partial charge in [-0.25, -0.2) is 4.79 Å². The highest BCUT2D eigenvalue weighted by Gasteiger charge is 2.40. The summed E-state index contributed by atoms with van der Waals surface area (Å²) in [5.41, 5.74) is 0.0562. The average Bonchev–Trinajstić information content (AvgIpc) is 3.34. The monoisotopic (exact) mass is 557 g/mol. The normalized spacial score (nSPS) is 16.0. The molecule has 3 aromatic rings. The Morgan fingerprint density at radius 3 is 2.29 bits per heavy atom. The number of rotatable bonds is 7. The summed E-state index contributed by atoms with van der Waals surface area (Å²) >= 11 is 0. The second-order valence-corrected chi connectivity index (χ2v) is 12.2. The number of likely N-dealkylation sites (tertiary alicyclic amines) is 1. The zero-order valence-corrected chi connectivity index (χ0v) is 24.4. The summed E-state index contributed by atoms with van der Waals surface area (Å²) in [5, 5.41) is 16.6. The molecule has 1 aliphatic rings. The first-order chi connectivity index (χ1) is 19.3. The van der Waals surface area contributed by atoms with Gasteiger partial charge in [0.15, 0.2) is 0 Å². The summed E-state index contributed by atoms with van der Waals surface area (Å²) in [6.07, 6.45) is 2.39. The Bertz CT molecular complexity index is 1440. The molecule has 9 nitrogen and oxygen atoms in total. The van der Waals surface area contributed by atoms with Gasteiger partial charge >= 0.3 is 6.09 Å². The van der Waals surface area contributed by atoms with Gasteiger partial charge in [0.1, 0.15) is 17.2 Å². The highest BCUT2D eigenvalue weighted by Crippen LogP contribution is 2.35. The van der Waals surface area contributed by atoms with E-state index in [2.05, 4.69) is 21.7 Å². The lowest BCUT2D eigenvalue weighted by Gasteiger charge is -2.39. The molecule has 2 heterocycles. The fourth-order valence-corrected chi connectivity index (χ4v) is 5.23. The Hall–Kier alpha value is -4.32. The predicted molar refractivity (Wildman–Crippen MR) is 157 cm³/mol. The van der Waals surface area contributed by atoms with Crippen molar-refractivity contribution in [3.8, 4) is 6.07 Å². The average molecular weight is 558 g/mol. The minimum Gasteiger partial charge on any atom is -0.444 e. The van der Waals surface area contributed by atoms with E-state index in [-0.39, 0.29) is 12.3 Å². The van der Waals surface area contributed by atoms with Gasteiger partial charge in [0.2, 0.25) is 11.8 Å². The van der Waals surface area contributed by atoms with Crippen LogP contribution in [0.15, 0.2) is 60.8 Å². The number of carbonyl (C=O) groups is 3. The van der Waals surface area contributed by atoms with Gasteiger partial charge in [0.25, 0.3) is 0 Å². The Kier molecular flexibility index (Phi) is 8.43. The van der Waals surface area contributed by atoms with Crippen molar-refractivity contribution in [3.63, 3.8) is 0 Å². The number of aromatic nitrogens is 1. The second-order valence-electron chi connectivity index (χ2n) is 12.2. The molecule has 4 rings (SSSR count). The molecule has 0 saturated carbocycles. The number of alkyl carbamates (subject to hydrolysis) is 1. The highest BCUT2D eigenvalue weighted by molar-refractivity contribution is 5.94. The number of fused-ring (bicyclic) bond motifs is 1.